The summed E-state index contributed by atoms with van der Waals surface area (Å²) in [7, 11) is 2.92. The molecule has 0 bridgehead atoms. The van der Waals surface area contributed by atoms with Crippen LogP contribution in [-0.4, -0.2) is 42.4 Å². The van der Waals surface area contributed by atoms with Gasteiger partial charge in [-0.2, -0.15) is 0 Å². The van der Waals surface area contributed by atoms with Gasteiger partial charge in [-0.3, -0.25) is 9.59 Å². The molecule has 2 aromatic carbocycles. The predicted molar refractivity (Wildman–Crippen MR) is 115 cm³/mol. The molecule has 10 heteroatoms. The topological polar surface area (TPSA) is 128 Å². The Labute approximate surface area is 186 Å². The third-order valence-electron chi connectivity index (χ3n) is 5.87. The van der Waals surface area contributed by atoms with E-state index >= 15 is 0 Å². The minimum absolute atomic E-state index is 0.0877. The van der Waals surface area contributed by atoms with E-state index in [4.69, 9.17) is 19.9 Å². The molecule has 0 aliphatic carbocycles. The van der Waals surface area contributed by atoms with Crippen molar-refractivity contribution in [1.29, 1.82) is 0 Å². The molecule has 0 radical (unpaired) electrons. The monoisotopic (exact) mass is 454 g/mol. The van der Waals surface area contributed by atoms with Crippen LogP contribution in [0.3, 0.4) is 0 Å². The highest BCUT2D eigenvalue weighted by Gasteiger charge is 2.59. The predicted octanol–water partition coefficient (Wildman–Crippen LogP) is 1.89. The van der Waals surface area contributed by atoms with Gasteiger partial charge in [-0.15, -0.1) is 0 Å². The number of nitrogens with zero attached hydrogens (tertiary/aromatic N) is 1. The zero-order valence-electron chi connectivity index (χ0n) is 17.0. The second kappa shape index (κ2) is 7.20. The Hall–Kier alpha value is -3.66. The molecular weight excluding hydrogens is 436 g/mol. The van der Waals surface area contributed by atoms with Gasteiger partial charge >= 0.3 is 5.97 Å². The number of imide groups is 1. The number of carbonyl (C=O) groups excluding carboxylic acids is 3. The molecule has 3 aliphatic rings. The molecule has 2 amide bonds. The van der Waals surface area contributed by atoms with Crippen LogP contribution in [-0.2, 0) is 14.4 Å². The molecule has 3 N–H and O–H groups in total. The quantitative estimate of drug-likeness (QED) is 0.406. The number of hydrogen-bond acceptors (Lipinski definition) is 9. The highest BCUT2D eigenvalue weighted by molar-refractivity contribution is 8.04. The van der Waals surface area contributed by atoms with Gasteiger partial charge in [-0.05, 0) is 18.2 Å². The second-order valence-corrected chi connectivity index (χ2v) is 8.66. The van der Waals surface area contributed by atoms with Crippen molar-refractivity contribution in [2.24, 2.45) is 11.7 Å². The first-order valence-electron chi connectivity index (χ1n) is 9.67. The lowest BCUT2D eigenvalue weighted by atomic mass is 9.77. The van der Waals surface area contributed by atoms with Crippen molar-refractivity contribution in [2.45, 2.75) is 11.2 Å². The van der Waals surface area contributed by atoms with Gasteiger partial charge in [0.25, 0.3) is 0 Å². The first kappa shape index (κ1) is 20.3. The number of phenols is 1. The molecule has 3 heterocycles. The molecule has 0 aromatic heterocycles. The number of aromatic hydroxyl groups is 1. The number of anilines is 1. The van der Waals surface area contributed by atoms with E-state index in [1.54, 1.807) is 24.3 Å². The van der Waals surface area contributed by atoms with Crippen LogP contribution < -0.4 is 24.8 Å². The number of hydrogen-bond donors (Lipinski definition) is 2. The maximum atomic E-state index is 13.7. The highest BCUT2D eigenvalue weighted by Crippen LogP contribution is 2.55. The molecular formula is C22H18N2O7S. The number of phenolic OH excluding ortho intramolecular Hbond substituents is 1. The zero-order chi connectivity index (χ0) is 22.7. The van der Waals surface area contributed by atoms with Crippen LogP contribution in [0.2, 0.25) is 0 Å². The molecule has 1 saturated heterocycles. The van der Waals surface area contributed by atoms with Crippen molar-refractivity contribution in [1.82, 2.24) is 0 Å². The Morgan fingerprint density at radius 3 is 2.56 bits per heavy atom. The largest absolute Gasteiger partial charge is 0.508 e. The minimum atomic E-state index is -0.887. The van der Waals surface area contributed by atoms with Crippen molar-refractivity contribution in [3.63, 3.8) is 0 Å². The number of rotatable bonds is 3. The van der Waals surface area contributed by atoms with Crippen LogP contribution in [0.1, 0.15) is 11.5 Å². The van der Waals surface area contributed by atoms with Gasteiger partial charge in [0.05, 0.1) is 36.4 Å². The van der Waals surface area contributed by atoms with E-state index < -0.39 is 34.9 Å². The van der Waals surface area contributed by atoms with E-state index in [0.717, 1.165) is 16.7 Å². The lowest BCUT2D eigenvalue weighted by Gasteiger charge is -2.36. The van der Waals surface area contributed by atoms with E-state index in [9.17, 15) is 19.5 Å². The van der Waals surface area contributed by atoms with E-state index in [0.29, 0.717) is 17.1 Å². The maximum Gasteiger partial charge on any atom is 0.342 e. The average Bonchev–Trinajstić information content (AvgIpc) is 3.02. The zero-order valence-corrected chi connectivity index (χ0v) is 17.8. The molecule has 1 fully saturated rings. The fourth-order valence-corrected chi connectivity index (χ4v) is 5.69. The normalized spacial score (nSPS) is 24.0. The van der Waals surface area contributed by atoms with Gasteiger partial charge in [-0.25, -0.2) is 9.69 Å². The van der Waals surface area contributed by atoms with Crippen molar-refractivity contribution in [3.8, 4) is 23.0 Å². The summed E-state index contributed by atoms with van der Waals surface area (Å²) in [5.41, 5.74) is 7.09. The van der Waals surface area contributed by atoms with Gasteiger partial charge in [0, 0.05) is 23.6 Å². The highest BCUT2D eigenvalue weighted by atomic mass is 32.2. The van der Waals surface area contributed by atoms with Crippen LogP contribution in [0, 0.1) is 5.92 Å². The first-order valence-corrected chi connectivity index (χ1v) is 10.5. The summed E-state index contributed by atoms with van der Waals surface area (Å²) in [4.78, 5) is 40.9. The van der Waals surface area contributed by atoms with Crippen LogP contribution in [0.15, 0.2) is 47.0 Å². The molecule has 32 heavy (non-hydrogen) atoms. The third-order valence-corrected chi connectivity index (χ3v) is 7.09. The van der Waals surface area contributed by atoms with Gasteiger partial charge in [0.2, 0.25) is 11.8 Å². The summed E-state index contributed by atoms with van der Waals surface area (Å²) in [6.45, 7) is 0. The summed E-state index contributed by atoms with van der Waals surface area (Å²) < 4.78 is 16.0. The Kier molecular flexibility index (Phi) is 4.55. The third kappa shape index (κ3) is 2.76. The SMILES string of the molecule is COc1ccc(OC)c(N2C(=O)C3SC(N)=C4C(=O)Oc5cc(O)ccc5C4C3C2=O)c1. The van der Waals surface area contributed by atoms with Crippen LogP contribution >= 0.6 is 11.8 Å². The van der Waals surface area contributed by atoms with E-state index in [2.05, 4.69) is 0 Å². The second-order valence-electron chi connectivity index (χ2n) is 7.48. The number of fused-ring (bicyclic) bond motifs is 5. The Morgan fingerprint density at radius 2 is 1.84 bits per heavy atom. The number of amides is 2. The van der Waals surface area contributed by atoms with E-state index in [-0.39, 0.29) is 27.8 Å². The summed E-state index contributed by atoms with van der Waals surface area (Å²) in [6, 6.07) is 9.14. The number of ether oxygens (including phenoxy) is 3. The number of methoxy groups -OCH3 is 2. The number of nitrogens with two attached hydrogens (primary N) is 1. The Balaban J connectivity index is 1.66. The maximum absolute atomic E-state index is 13.7. The molecule has 2 aromatic rings. The summed E-state index contributed by atoms with van der Waals surface area (Å²) in [5, 5.41) is 9.12. The first-order chi connectivity index (χ1) is 15.3. The number of esters is 1. The number of benzene rings is 2. The molecule has 5 rings (SSSR count). The summed E-state index contributed by atoms with van der Waals surface area (Å²) in [6.07, 6.45) is 0. The van der Waals surface area contributed by atoms with Crippen molar-refractivity contribution in [3.05, 3.63) is 52.6 Å². The number of carbonyl (C=O) groups is 3. The lowest BCUT2D eigenvalue weighted by Crippen LogP contribution is -2.39. The van der Waals surface area contributed by atoms with Crippen molar-refractivity contribution >= 4 is 35.2 Å². The molecule has 164 valence electrons. The van der Waals surface area contributed by atoms with Gasteiger partial charge in [0.1, 0.15) is 28.2 Å². The average molecular weight is 454 g/mol. The van der Waals surface area contributed by atoms with Crippen LogP contribution in [0.5, 0.6) is 23.0 Å². The summed E-state index contributed by atoms with van der Waals surface area (Å²) in [5.74, 6) is -2.49. The van der Waals surface area contributed by atoms with Crippen molar-refractivity contribution in [2.75, 3.05) is 19.1 Å². The van der Waals surface area contributed by atoms with Crippen LogP contribution in [0.25, 0.3) is 0 Å². The van der Waals surface area contributed by atoms with E-state index in [1.165, 1.54) is 26.4 Å². The standard InChI is InChI=1S/C22H18N2O7S/c1-29-10-4-6-13(30-2)12(8-10)24-20(26)16-15-11-5-3-9(25)7-14(11)31-22(28)17(15)19(23)32-18(16)21(24)27/h3-8,15-16,18,25H,23H2,1-2H3. The van der Waals surface area contributed by atoms with Gasteiger partial charge in [0.15, 0.2) is 0 Å². The molecule has 3 atom stereocenters. The smallest absolute Gasteiger partial charge is 0.342 e. The molecule has 3 unspecified atom stereocenters. The fraction of sp³-hybridized carbons (Fsp3) is 0.227. The minimum Gasteiger partial charge on any atom is -0.508 e. The Bertz CT molecular complexity index is 1220. The summed E-state index contributed by atoms with van der Waals surface area (Å²) >= 11 is 0.981. The molecule has 9 nitrogen and oxygen atoms in total. The lowest BCUT2D eigenvalue weighted by molar-refractivity contribution is -0.131. The van der Waals surface area contributed by atoms with Crippen molar-refractivity contribution < 1.29 is 33.7 Å². The molecule has 3 aliphatic heterocycles. The van der Waals surface area contributed by atoms with Gasteiger partial charge in [-0.1, -0.05) is 17.8 Å². The fourth-order valence-electron chi connectivity index (χ4n) is 4.45. The van der Waals surface area contributed by atoms with Crippen LogP contribution in [0.4, 0.5) is 5.69 Å². The number of thioether (sulfide) groups is 1. The van der Waals surface area contributed by atoms with E-state index in [1.807, 2.05) is 0 Å². The van der Waals surface area contributed by atoms with Gasteiger partial charge < -0.3 is 25.1 Å². The molecule has 0 spiro atoms. The Morgan fingerprint density at radius 1 is 1.06 bits per heavy atom. The molecule has 0 saturated carbocycles.